The van der Waals surface area contributed by atoms with E-state index in [4.69, 9.17) is 9.47 Å². The van der Waals surface area contributed by atoms with Crippen LogP contribution in [0, 0.1) is 0 Å². The Kier molecular flexibility index (Phi) is 4.67. The molecule has 0 bridgehead atoms. The molecule has 22 heavy (non-hydrogen) atoms. The molecule has 0 spiro atoms. The van der Waals surface area contributed by atoms with Gasteiger partial charge in [-0.05, 0) is 28.7 Å². The van der Waals surface area contributed by atoms with Crippen LogP contribution in [-0.4, -0.2) is 19.3 Å². The van der Waals surface area contributed by atoms with E-state index in [1.165, 1.54) is 0 Å². The van der Waals surface area contributed by atoms with Crippen molar-refractivity contribution in [1.82, 2.24) is 0 Å². The summed E-state index contributed by atoms with van der Waals surface area (Å²) in [7, 11) is 5.89. The second kappa shape index (κ2) is 6.18. The molecule has 0 saturated heterocycles. The van der Waals surface area contributed by atoms with E-state index in [1.54, 1.807) is 14.2 Å². The Morgan fingerprint density at radius 2 is 1.50 bits per heavy atom. The van der Waals surface area contributed by atoms with Gasteiger partial charge in [-0.3, -0.25) is 0 Å². The zero-order valence-corrected chi connectivity index (χ0v) is 14.9. The first-order valence-electron chi connectivity index (χ1n) is 7.14. The molecule has 0 aliphatic carbocycles. The molecule has 2 rings (SSSR count). The lowest BCUT2D eigenvalue weighted by atomic mass is 9.85. The Labute approximate surface area is 134 Å². The summed E-state index contributed by atoms with van der Waals surface area (Å²) in [6.07, 6.45) is 0. The third-order valence-corrected chi connectivity index (χ3v) is 4.31. The van der Waals surface area contributed by atoms with Gasteiger partial charge in [0, 0.05) is 5.30 Å². The summed E-state index contributed by atoms with van der Waals surface area (Å²) in [5.74, 6) is 1.72. The Morgan fingerprint density at radius 1 is 0.955 bits per heavy atom. The molecule has 4 heteroatoms. The fraction of sp³-hybridized carbons (Fsp3) is 0.333. The summed E-state index contributed by atoms with van der Waals surface area (Å²) in [5, 5.41) is 11.3. The van der Waals surface area contributed by atoms with E-state index in [0.717, 1.165) is 22.0 Å². The van der Waals surface area contributed by atoms with Crippen LogP contribution in [0.4, 0.5) is 0 Å². The van der Waals surface area contributed by atoms with Crippen molar-refractivity contribution in [2.75, 3.05) is 14.2 Å². The van der Waals surface area contributed by atoms with Gasteiger partial charge >= 0.3 is 0 Å². The predicted molar refractivity (Wildman–Crippen MR) is 94.7 cm³/mol. The van der Waals surface area contributed by atoms with Gasteiger partial charge in [0.1, 0.15) is 17.2 Å². The second-order valence-electron chi connectivity index (χ2n) is 6.21. The number of rotatable bonds is 3. The third kappa shape index (κ3) is 2.91. The lowest BCUT2D eigenvalue weighted by molar-refractivity contribution is 0.397. The van der Waals surface area contributed by atoms with Crippen LogP contribution >= 0.6 is 9.24 Å². The minimum Gasteiger partial charge on any atom is -0.507 e. The van der Waals surface area contributed by atoms with E-state index in [0.29, 0.717) is 17.2 Å². The first-order valence-corrected chi connectivity index (χ1v) is 7.72. The van der Waals surface area contributed by atoms with Crippen molar-refractivity contribution in [1.29, 1.82) is 0 Å². The van der Waals surface area contributed by atoms with Crippen molar-refractivity contribution in [2.45, 2.75) is 26.2 Å². The first-order chi connectivity index (χ1) is 10.3. The highest BCUT2D eigenvalue weighted by Gasteiger charge is 2.23. The summed E-state index contributed by atoms with van der Waals surface area (Å²) in [6, 6.07) is 9.62. The second-order valence-corrected chi connectivity index (χ2v) is 6.79. The molecule has 1 N–H and O–H groups in total. The van der Waals surface area contributed by atoms with Gasteiger partial charge in [-0.25, -0.2) is 0 Å². The maximum atomic E-state index is 10.6. The average molecular weight is 318 g/mol. The maximum absolute atomic E-state index is 10.6. The van der Waals surface area contributed by atoms with Gasteiger partial charge in [0.15, 0.2) is 0 Å². The zero-order valence-electron chi connectivity index (χ0n) is 13.7. The van der Waals surface area contributed by atoms with Crippen LogP contribution in [0.15, 0.2) is 30.3 Å². The standard InChI is InChI=1S/C18H23O3P/c1-18(2,3)12-10-9-11(17(22)16(12)19)15-13(20-4)7-6-8-14(15)21-5/h6-10,19H,22H2,1-5H3. The number of hydrogen-bond acceptors (Lipinski definition) is 3. The van der Waals surface area contributed by atoms with E-state index in [1.807, 2.05) is 30.3 Å². The normalized spacial score (nSPS) is 11.4. The summed E-state index contributed by atoms with van der Waals surface area (Å²) in [4.78, 5) is 0. The number of phenolic OH excluding ortho intramolecular Hbond substituents is 1. The third-order valence-electron chi connectivity index (χ3n) is 3.72. The molecule has 0 radical (unpaired) electrons. The molecule has 1 atom stereocenters. The van der Waals surface area contributed by atoms with Crippen molar-refractivity contribution in [3.8, 4) is 28.4 Å². The van der Waals surface area contributed by atoms with Gasteiger partial charge in [0.05, 0.1) is 19.8 Å². The zero-order chi connectivity index (χ0) is 16.5. The molecular weight excluding hydrogens is 295 g/mol. The van der Waals surface area contributed by atoms with Crippen molar-refractivity contribution in [3.63, 3.8) is 0 Å². The fourth-order valence-electron chi connectivity index (χ4n) is 2.55. The Bertz CT molecular complexity index is 665. The molecule has 0 amide bonds. The Balaban J connectivity index is 2.73. The minimum absolute atomic E-state index is 0.126. The predicted octanol–water partition coefficient (Wildman–Crippen LogP) is 3.87. The molecule has 3 nitrogen and oxygen atoms in total. The highest BCUT2D eigenvalue weighted by Crippen LogP contribution is 2.41. The van der Waals surface area contributed by atoms with E-state index in [2.05, 4.69) is 30.0 Å². The van der Waals surface area contributed by atoms with Crippen LogP contribution in [0.3, 0.4) is 0 Å². The average Bonchev–Trinajstić information content (AvgIpc) is 2.48. The van der Waals surface area contributed by atoms with Gasteiger partial charge in [0.25, 0.3) is 0 Å². The molecule has 0 saturated carbocycles. The highest BCUT2D eigenvalue weighted by atomic mass is 31.0. The summed E-state index contributed by atoms with van der Waals surface area (Å²) in [6.45, 7) is 6.24. The van der Waals surface area contributed by atoms with Gasteiger partial charge in [-0.15, -0.1) is 9.24 Å². The van der Waals surface area contributed by atoms with Gasteiger partial charge in [0.2, 0.25) is 0 Å². The fourth-order valence-corrected chi connectivity index (χ4v) is 2.94. The lowest BCUT2D eigenvalue weighted by Gasteiger charge is -2.23. The minimum atomic E-state index is -0.126. The summed E-state index contributed by atoms with van der Waals surface area (Å²) in [5.41, 5.74) is 2.51. The molecule has 0 aliphatic rings. The van der Waals surface area contributed by atoms with Crippen LogP contribution in [0.5, 0.6) is 17.2 Å². The highest BCUT2D eigenvalue weighted by molar-refractivity contribution is 7.28. The maximum Gasteiger partial charge on any atom is 0.130 e. The SMILES string of the molecule is COc1cccc(OC)c1-c1ccc(C(C)(C)C)c(O)c1P. The largest absolute Gasteiger partial charge is 0.507 e. The summed E-state index contributed by atoms with van der Waals surface area (Å²) >= 11 is 0. The van der Waals surface area contributed by atoms with Crippen LogP contribution < -0.4 is 14.8 Å². The molecule has 0 heterocycles. The summed E-state index contributed by atoms with van der Waals surface area (Å²) < 4.78 is 10.9. The van der Waals surface area contributed by atoms with Gasteiger partial charge < -0.3 is 14.6 Å². The molecule has 2 aromatic rings. The van der Waals surface area contributed by atoms with Crippen molar-refractivity contribution >= 4 is 14.5 Å². The molecule has 2 aromatic carbocycles. The first kappa shape index (κ1) is 16.6. The smallest absolute Gasteiger partial charge is 0.130 e. The number of benzene rings is 2. The quantitative estimate of drug-likeness (QED) is 0.873. The number of phenols is 1. The Morgan fingerprint density at radius 3 is 1.95 bits per heavy atom. The van der Waals surface area contributed by atoms with Crippen molar-refractivity contribution in [3.05, 3.63) is 35.9 Å². The van der Waals surface area contributed by atoms with Crippen molar-refractivity contribution < 1.29 is 14.6 Å². The number of aromatic hydroxyl groups is 1. The Hall–Kier alpha value is -1.73. The van der Waals surface area contributed by atoms with Crippen LogP contribution in [0.25, 0.3) is 11.1 Å². The van der Waals surface area contributed by atoms with Crippen LogP contribution in [0.1, 0.15) is 26.3 Å². The van der Waals surface area contributed by atoms with E-state index >= 15 is 0 Å². The van der Waals surface area contributed by atoms with Crippen LogP contribution in [0.2, 0.25) is 0 Å². The molecule has 0 aliphatic heterocycles. The van der Waals surface area contributed by atoms with E-state index in [-0.39, 0.29) is 5.41 Å². The number of ether oxygens (including phenoxy) is 2. The monoisotopic (exact) mass is 318 g/mol. The number of methoxy groups -OCH3 is 2. The molecule has 118 valence electrons. The van der Waals surface area contributed by atoms with E-state index < -0.39 is 0 Å². The van der Waals surface area contributed by atoms with Gasteiger partial charge in [-0.2, -0.15) is 0 Å². The number of hydrogen-bond donors (Lipinski definition) is 1. The molecular formula is C18H23O3P. The van der Waals surface area contributed by atoms with Crippen molar-refractivity contribution in [2.24, 2.45) is 0 Å². The molecule has 0 aromatic heterocycles. The van der Waals surface area contributed by atoms with Gasteiger partial charge in [-0.1, -0.05) is 39.0 Å². The molecule has 0 fully saturated rings. The lowest BCUT2D eigenvalue weighted by Crippen LogP contribution is -2.15. The topological polar surface area (TPSA) is 38.7 Å². The molecule has 1 unspecified atom stereocenters. The van der Waals surface area contributed by atoms with Crippen LogP contribution in [-0.2, 0) is 5.41 Å². The van der Waals surface area contributed by atoms with E-state index in [9.17, 15) is 5.11 Å².